The van der Waals surface area contributed by atoms with Crippen molar-refractivity contribution in [3.63, 3.8) is 0 Å². The van der Waals surface area contributed by atoms with Gasteiger partial charge in [-0.25, -0.2) is 0 Å². The molecule has 1 spiro atoms. The Morgan fingerprint density at radius 2 is 0.847 bits per heavy atom. The Morgan fingerprint density at radius 1 is 0.441 bits per heavy atom. The molecule has 302 valence electrons. The van der Waals surface area contributed by atoms with E-state index in [2.05, 4.69) is 224 Å². The van der Waals surface area contributed by atoms with Crippen LogP contribution in [-0.4, -0.2) is 0 Å². The molecular formula is C59H66. The molecule has 0 amide bonds. The van der Waals surface area contributed by atoms with Crippen LogP contribution in [0.4, 0.5) is 0 Å². The molecule has 0 N–H and O–H groups in total. The van der Waals surface area contributed by atoms with Crippen LogP contribution < -0.4 is 0 Å². The molecule has 0 bridgehead atoms. The fraction of sp³-hybridized carbons (Fsp3) is 0.390. The lowest BCUT2D eigenvalue weighted by Crippen LogP contribution is -2.36. The molecule has 0 heterocycles. The van der Waals surface area contributed by atoms with Gasteiger partial charge >= 0.3 is 0 Å². The molecule has 6 aromatic rings. The van der Waals surface area contributed by atoms with Crippen LogP contribution >= 0.6 is 0 Å². The Kier molecular flexibility index (Phi) is 8.54. The summed E-state index contributed by atoms with van der Waals surface area (Å²) in [4.78, 5) is 0. The molecule has 0 radical (unpaired) electrons. The van der Waals surface area contributed by atoms with Gasteiger partial charge in [0.05, 0.1) is 5.41 Å². The Morgan fingerprint density at radius 3 is 1.36 bits per heavy atom. The van der Waals surface area contributed by atoms with E-state index in [-0.39, 0.29) is 32.5 Å². The van der Waals surface area contributed by atoms with Gasteiger partial charge in [-0.1, -0.05) is 231 Å². The third-order valence-corrected chi connectivity index (χ3v) is 18.0. The molecule has 0 saturated carbocycles. The Hall–Kier alpha value is -4.68. The van der Waals surface area contributed by atoms with Crippen molar-refractivity contribution in [2.45, 2.75) is 136 Å². The topological polar surface area (TPSA) is 0 Å². The van der Waals surface area contributed by atoms with E-state index in [1.165, 1.54) is 83.5 Å². The minimum atomic E-state index is -0.420. The minimum Gasteiger partial charge on any atom is -0.0648 e. The highest BCUT2D eigenvalue weighted by Crippen LogP contribution is 2.64. The number of benzene rings is 6. The van der Waals surface area contributed by atoms with E-state index in [0.717, 1.165) is 6.42 Å². The van der Waals surface area contributed by atoms with E-state index >= 15 is 0 Å². The number of fused-ring (bicyclic) bond motifs is 11. The molecule has 0 saturated heterocycles. The molecule has 9 rings (SSSR count). The van der Waals surface area contributed by atoms with E-state index in [4.69, 9.17) is 0 Å². The quantitative estimate of drug-likeness (QED) is 0.151. The zero-order valence-electron chi connectivity index (χ0n) is 38.4. The maximum atomic E-state index is 2.60. The van der Waals surface area contributed by atoms with Crippen molar-refractivity contribution in [3.8, 4) is 22.3 Å². The second-order valence-electron chi connectivity index (χ2n) is 21.9. The second-order valence-corrected chi connectivity index (χ2v) is 21.9. The van der Waals surface area contributed by atoms with E-state index < -0.39 is 5.41 Å². The first-order valence-corrected chi connectivity index (χ1v) is 22.4. The van der Waals surface area contributed by atoms with Crippen LogP contribution in [0.25, 0.3) is 22.3 Å². The van der Waals surface area contributed by atoms with Crippen molar-refractivity contribution >= 4 is 0 Å². The SMILES string of the molecule is CCC(C)(C)C(C)(C)c1ccc(C(C)(C)c2ccc3c(c2)C2(c4ccccc4-3)c3ccccc3-c3ccc(C(C)(C)c4ccc5c(c4)C(C)C(C)(C)C5(C)C)cc32)cc1. The van der Waals surface area contributed by atoms with Crippen molar-refractivity contribution in [3.05, 3.63) is 189 Å². The van der Waals surface area contributed by atoms with Crippen LogP contribution in [0.2, 0.25) is 0 Å². The van der Waals surface area contributed by atoms with Gasteiger partial charge in [-0.2, -0.15) is 0 Å². The van der Waals surface area contributed by atoms with Crippen LogP contribution in [0.15, 0.2) is 127 Å². The Bertz CT molecular complexity index is 2640. The standard InChI is InChI=1S/C59H66/c1-15-53(3,4)57(11,12)39-26-24-38(25-27-39)54(5,6)41-28-31-45-43-20-16-18-22-49(43)59(51(45)35-41)50-23-19-17-21-44(50)46-32-29-42(36-52(46)59)55(7,8)40-30-33-48-47(34-40)37(2)56(9,10)58(48,13)14/h16-37H,15H2,1-14H3. The predicted molar refractivity (Wildman–Crippen MR) is 252 cm³/mol. The van der Waals surface area contributed by atoms with E-state index in [1.807, 2.05) is 0 Å². The summed E-state index contributed by atoms with van der Waals surface area (Å²) >= 11 is 0. The fourth-order valence-electron chi connectivity index (χ4n) is 11.5. The average molecular weight is 775 g/mol. The normalized spacial score (nSPS) is 19.9. The number of hydrogen-bond donors (Lipinski definition) is 0. The first kappa shape index (κ1) is 39.8. The first-order chi connectivity index (χ1) is 27.6. The zero-order valence-corrected chi connectivity index (χ0v) is 38.4. The van der Waals surface area contributed by atoms with E-state index in [0.29, 0.717) is 5.92 Å². The summed E-state index contributed by atoms with van der Waals surface area (Å²) in [7, 11) is 0. The molecule has 3 aliphatic carbocycles. The Balaban J connectivity index is 1.21. The summed E-state index contributed by atoms with van der Waals surface area (Å²) in [5, 5.41) is 0. The van der Waals surface area contributed by atoms with Gasteiger partial charge in [0.1, 0.15) is 0 Å². The van der Waals surface area contributed by atoms with Gasteiger partial charge in [-0.05, 0) is 111 Å². The second kappa shape index (κ2) is 12.7. The molecule has 2 unspecified atom stereocenters. The highest BCUT2D eigenvalue weighted by molar-refractivity contribution is 5.95. The summed E-state index contributed by atoms with van der Waals surface area (Å²) < 4.78 is 0. The van der Waals surface area contributed by atoms with Crippen LogP contribution in [0.1, 0.15) is 170 Å². The third-order valence-electron chi connectivity index (χ3n) is 18.0. The zero-order chi connectivity index (χ0) is 42.3. The number of rotatable bonds is 7. The van der Waals surface area contributed by atoms with Crippen LogP contribution in [-0.2, 0) is 27.1 Å². The number of hydrogen-bond acceptors (Lipinski definition) is 0. The molecule has 0 fully saturated rings. The van der Waals surface area contributed by atoms with Crippen molar-refractivity contribution in [1.29, 1.82) is 0 Å². The highest BCUT2D eigenvalue weighted by atomic mass is 14.6. The van der Waals surface area contributed by atoms with Gasteiger partial charge < -0.3 is 0 Å². The van der Waals surface area contributed by atoms with Crippen molar-refractivity contribution in [1.82, 2.24) is 0 Å². The lowest BCUT2D eigenvalue weighted by molar-refractivity contribution is 0.189. The molecule has 59 heavy (non-hydrogen) atoms. The van der Waals surface area contributed by atoms with Crippen molar-refractivity contribution in [2.24, 2.45) is 10.8 Å². The van der Waals surface area contributed by atoms with Gasteiger partial charge in [-0.15, -0.1) is 0 Å². The molecule has 0 heteroatoms. The smallest absolute Gasteiger partial charge is 0.0648 e. The molecule has 0 aliphatic heterocycles. The largest absolute Gasteiger partial charge is 0.0725 e. The molecular weight excluding hydrogens is 709 g/mol. The average Bonchev–Trinajstić information content (AvgIpc) is 3.74. The lowest BCUT2D eigenvalue weighted by Gasteiger charge is -2.42. The monoisotopic (exact) mass is 775 g/mol. The van der Waals surface area contributed by atoms with Crippen molar-refractivity contribution < 1.29 is 0 Å². The van der Waals surface area contributed by atoms with Crippen LogP contribution in [0.5, 0.6) is 0 Å². The molecule has 0 aromatic heterocycles. The summed E-state index contributed by atoms with van der Waals surface area (Å²) in [5.74, 6) is 0.490. The van der Waals surface area contributed by atoms with E-state index in [1.54, 1.807) is 0 Å². The summed E-state index contributed by atoms with van der Waals surface area (Å²) in [6.07, 6.45) is 1.14. The Labute approximate surface area is 356 Å². The van der Waals surface area contributed by atoms with Gasteiger partial charge in [-0.3, -0.25) is 0 Å². The van der Waals surface area contributed by atoms with Gasteiger partial charge in [0, 0.05) is 10.8 Å². The lowest BCUT2D eigenvalue weighted by atomic mass is 9.62. The summed E-state index contributed by atoms with van der Waals surface area (Å²) in [6, 6.07) is 50.4. The minimum absolute atomic E-state index is 0.0691. The van der Waals surface area contributed by atoms with Gasteiger partial charge in [0.25, 0.3) is 0 Å². The summed E-state index contributed by atoms with van der Waals surface area (Å²) in [5.41, 5.74) is 20.7. The van der Waals surface area contributed by atoms with Crippen LogP contribution in [0.3, 0.4) is 0 Å². The molecule has 3 aliphatic rings. The third kappa shape index (κ3) is 5.14. The van der Waals surface area contributed by atoms with Crippen LogP contribution in [0, 0.1) is 10.8 Å². The van der Waals surface area contributed by atoms with Crippen molar-refractivity contribution in [2.75, 3.05) is 0 Å². The van der Waals surface area contributed by atoms with E-state index in [9.17, 15) is 0 Å². The highest BCUT2D eigenvalue weighted by Gasteiger charge is 2.53. The fourth-order valence-corrected chi connectivity index (χ4v) is 11.5. The molecule has 2 atom stereocenters. The maximum Gasteiger partial charge on any atom is 0.0725 e. The summed E-state index contributed by atoms with van der Waals surface area (Å²) in [6.45, 7) is 33.9. The first-order valence-electron chi connectivity index (χ1n) is 22.4. The molecule has 6 aromatic carbocycles. The molecule has 0 nitrogen and oxygen atoms in total. The predicted octanol–water partition coefficient (Wildman–Crippen LogP) is 15.8. The maximum absolute atomic E-state index is 2.60. The van der Waals surface area contributed by atoms with Gasteiger partial charge in [0.15, 0.2) is 0 Å². The van der Waals surface area contributed by atoms with Gasteiger partial charge in [0.2, 0.25) is 0 Å².